The van der Waals surface area contributed by atoms with Gasteiger partial charge in [0.2, 0.25) is 0 Å². The summed E-state index contributed by atoms with van der Waals surface area (Å²) in [6.45, 7) is 4.73. The van der Waals surface area contributed by atoms with E-state index in [0.717, 1.165) is 20.5 Å². The summed E-state index contributed by atoms with van der Waals surface area (Å²) < 4.78 is 6.28. The van der Waals surface area contributed by atoms with Crippen molar-refractivity contribution in [2.45, 2.75) is 26.0 Å². The summed E-state index contributed by atoms with van der Waals surface area (Å²) in [7, 11) is 0. The van der Waals surface area contributed by atoms with Crippen LogP contribution in [0.4, 0.5) is 5.82 Å². The molecule has 1 aliphatic rings. The average molecular weight is 357 g/mol. The monoisotopic (exact) mass is 357 g/mol. The fourth-order valence-corrected chi connectivity index (χ4v) is 4.03. The second-order valence-corrected chi connectivity index (χ2v) is 7.64. The number of nitrogens with one attached hydrogen (secondary N) is 1. The predicted octanol–water partition coefficient (Wildman–Crippen LogP) is 2.85. The molecule has 2 atom stereocenters. The van der Waals surface area contributed by atoms with Gasteiger partial charge in [-0.3, -0.25) is 0 Å². The Kier molecular flexibility index (Phi) is 4.07. The van der Waals surface area contributed by atoms with Crippen LogP contribution in [-0.2, 0) is 4.74 Å². The Morgan fingerprint density at radius 3 is 2.76 bits per heavy atom. The maximum Gasteiger partial charge on any atom is 0.149 e. The number of rotatable bonds is 3. The number of anilines is 1. The maximum atomic E-state index is 10.6. The number of ether oxygens (including phenoxy) is 1. The van der Waals surface area contributed by atoms with Gasteiger partial charge in [-0.2, -0.15) is 0 Å². The number of aliphatic hydroxyl groups is 1. The van der Waals surface area contributed by atoms with Gasteiger partial charge in [-0.1, -0.05) is 0 Å². The Morgan fingerprint density at radius 1 is 1.20 bits per heavy atom. The molecule has 0 aliphatic carbocycles. The van der Waals surface area contributed by atoms with Crippen LogP contribution in [0.5, 0.6) is 5.75 Å². The van der Waals surface area contributed by atoms with Crippen LogP contribution >= 0.6 is 11.3 Å². The Morgan fingerprint density at radius 2 is 2.04 bits per heavy atom. The molecule has 0 radical (unpaired) electrons. The van der Waals surface area contributed by atoms with Crippen LogP contribution in [0.25, 0.3) is 21.3 Å². The first-order valence-electron chi connectivity index (χ1n) is 8.12. The van der Waals surface area contributed by atoms with Gasteiger partial charge < -0.3 is 20.3 Å². The van der Waals surface area contributed by atoms with Crippen molar-refractivity contribution in [3.8, 4) is 17.0 Å². The van der Waals surface area contributed by atoms with E-state index in [1.54, 1.807) is 11.3 Å². The highest BCUT2D eigenvalue weighted by atomic mass is 32.1. The second kappa shape index (κ2) is 6.25. The van der Waals surface area contributed by atoms with E-state index in [0.29, 0.717) is 30.3 Å². The first-order valence-corrected chi connectivity index (χ1v) is 8.94. The van der Waals surface area contributed by atoms with E-state index in [9.17, 15) is 10.2 Å². The van der Waals surface area contributed by atoms with E-state index in [1.807, 2.05) is 38.1 Å². The van der Waals surface area contributed by atoms with E-state index < -0.39 is 6.10 Å². The lowest BCUT2D eigenvalue weighted by atomic mass is 10.0. The molecule has 3 N–H and O–H groups in total. The number of phenols is 1. The van der Waals surface area contributed by atoms with Gasteiger partial charge in [-0.15, -0.1) is 21.5 Å². The largest absolute Gasteiger partial charge is 0.507 e. The highest BCUT2D eigenvalue weighted by molar-refractivity contribution is 7.19. The SMILES string of the molecule is Cc1cc2c(O)c(-c3nnc(N[C@H]4COC[C@@H]4O)cc3C)ccc2s1. The number of hydrogen-bond donors (Lipinski definition) is 3. The Hall–Kier alpha value is -2.22. The summed E-state index contributed by atoms with van der Waals surface area (Å²) in [5.74, 6) is 0.822. The van der Waals surface area contributed by atoms with Crippen LogP contribution in [0.3, 0.4) is 0 Å². The quantitative estimate of drug-likeness (QED) is 0.668. The fraction of sp³-hybridized carbons (Fsp3) is 0.333. The summed E-state index contributed by atoms with van der Waals surface area (Å²) in [5, 5.41) is 33.0. The van der Waals surface area contributed by atoms with Crippen molar-refractivity contribution >= 4 is 27.2 Å². The smallest absolute Gasteiger partial charge is 0.149 e. The maximum absolute atomic E-state index is 10.6. The molecule has 3 aromatic rings. The molecule has 0 bridgehead atoms. The minimum absolute atomic E-state index is 0.182. The molecule has 130 valence electrons. The van der Waals surface area contributed by atoms with Crippen LogP contribution in [0, 0.1) is 13.8 Å². The van der Waals surface area contributed by atoms with Crippen LogP contribution in [0.2, 0.25) is 0 Å². The summed E-state index contributed by atoms with van der Waals surface area (Å²) in [6, 6.07) is 7.56. The predicted molar refractivity (Wildman–Crippen MR) is 98.2 cm³/mol. The van der Waals surface area contributed by atoms with Gasteiger partial charge >= 0.3 is 0 Å². The third kappa shape index (κ3) is 2.95. The fourth-order valence-electron chi connectivity index (χ4n) is 3.11. The lowest BCUT2D eigenvalue weighted by molar-refractivity contribution is 0.125. The Balaban J connectivity index is 1.68. The van der Waals surface area contributed by atoms with Crippen molar-refractivity contribution in [2.24, 2.45) is 0 Å². The first-order chi connectivity index (χ1) is 12.0. The molecule has 25 heavy (non-hydrogen) atoms. The van der Waals surface area contributed by atoms with Crippen molar-refractivity contribution in [2.75, 3.05) is 18.5 Å². The number of fused-ring (bicyclic) bond motifs is 1. The van der Waals surface area contributed by atoms with Gasteiger partial charge in [-0.05, 0) is 43.7 Å². The van der Waals surface area contributed by atoms with Crippen molar-refractivity contribution in [1.29, 1.82) is 0 Å². The Bertz CT molecular complexity index is 941. The van der Waals surface area contributed by atoms with Gasteiger partial charge in [0, 0.05) is 20.5 Å². The standard InChI is InChI=1S/C18H19N3O3S/c1-9-5-16(19-13-7-24-8-14(13)22)20-21-17(9)11-3-4-15-12(18(11)23)6-10(2)25-15/h3-6,13-14,22-23H,7-8H2,1-2H3,(H,19,20)/t13-,14-/m0/s1. The number of benzene rings is 1. The number of aliphatic hydroxyl groups excluding tert-OH is 1. The normalized spacial score (nSPS) is 20.3. The number of thiophene rings is 1. The van der Waals surface area contributed by atoms with Gasteiger partial charge in [0.1, 0.15) is 11.6 Å². The summed E-state index contributed by atoms with van der Waals surface area (Å²) in [5.41, 5.74) is 2.22. The zero-order valence-corrected chi connectivity index (χ0v) is 14.8. The van der Waals surface area contributed by atoms with Gasteiger partial charge in [0.05, 0.1) is 31.1 Å². The molecule has 3 heterocycles. The molecular formula is C18H19N3O3S. The number of aromatic nitrogens is 2. The van der Waals surface area contributed by atoms with E-state index in [4.69, 9.17) is 4.74 Å². The molecule has 0 amide bonds. The highest BCUT2D eigenvalue weighted by Crippen LogP contribution is 2.39. The van der Waals surface area contributed by atoms with E-state index in [2.05, 4.69) is 15.5 Å². The number of phenolic OH excluding ortho intramolecular Hbond substituents is 1. The summed E-state index contributed by atoms with van der Waals surface area (Å²) in [4.78, 5) is 1.15. The van der Waals surface area contributed by atoms with Crippen LogP contribution in [-0.4, -0.2) is 45.8 Å². The molecule has 6 nitrogen and oxygen atoms in total. The summed E-state index contributed by atoms with van der Waals surface area (Å²) >= 11 is 1.65. The molecular weight excluding hydrogens is 338 g/mol. The molecule has 1 saturated heterocycles. The van der Waals surface area contributed by atoms with Crippen LogP contribution in [0.15, 0.2) is 24.3 Å². The first kappa shape index (κ1) is 16.3. The van der Waals surface area contributed by atoms with Crippen LogP contribution < -0.4 is 5.32 Å². The van der Waals surface area contributed by atoms with Gasteiger partial charge in [-0.25, -0.2) is 0 Å². The molecule has 2 aromatic heterocycles. The molecule has 0 saturated carbocycles. The van der Waals surface area contributed by atoms with E-state index in [-0.39, 0.29) is 11.8 Å². The lowest BCUT2D eigenvalue weighted by Crippen LogP contribution is -2.32. The molecule has 1 aliphatic heterocycles. The van der Waals surface area contributed by atoms with Crippen molar-refractivity contribution in [3.05, 3.63) is 34.7 Å². The summed E-state index contributed by atoms with van der Waals surface area (Å²) in [6.07, 6.45) is -0.546. The number of aryl methyl sites for hydroxylation is 2. The Labute approximate surface area is 149 Å². The third-order valence-corrected chi connectivity index (χ3v) is 5.43. The zero-order valence-electron chi connectivity index (χ0n) is 14.0. The van der Waals surface area contributed by atoms with E-state index in [1.165, 1.54) is 0 Å². The van der Waals surface area contributed by atoms with Crippen molar-refractivity contribution in [1.82, 2.24) is 10.2 Å². The molecule has 4 rings (SSSR count). The molecule has 0 spiro atoms. The van der Waals surface area contributed by atoms with Gasteiger partial charge in [0.15, 0.2) is 0 Å². The molecule has 0 unspecified atom stereocenters. The molecule has 7 heteroatoms. The van der Waals surface area contributed by atoms with Gasteiger partial charge in [0.25, 0.3) is 0 Å². The number of nitrogens with zero attached hydrogens (tertiary/aromatic N) is 2. The zero-order chi connectivity index (χ0) is 17.6. The van der Waals surface area contributed by atoms with Crippen molar-refractivity contribution in [3.63, 3.8) is 0 Å². The van der Waals surface area contributed by atoms with E-state index >= 15 is 0 Å². The minimum Gasteiger partial charge on any atom is -0.507 e. The average Bonchev–Trinajstić information content (AvgIpc) is 3.15. The molecule has 1 aromatic carbocycles. The number of hydrogen-bond acceptors (Lipinski definition) is 7. The third-order valence-electron chi connectivity index (χ3n) is 4.42. The minimum atomic E-state index is -0.546. The van der Waals surface area contributed by atoms with Crippen molar-refractivity contribution < 1.29 is 14.9 Å². The second-order valence-electron chi connectivity index (χ2n) is 6.35. The number of aromatic hydroxyl groups is 1. The molecule has 1 fully saturated rings. The lowest BCUT2D eigenvalue weighted by Gasteiger charge is -2.16. The topological polar surface area (TPSA) is 87.5 Å². The highest BCUT2D eigenvalue weighted by Gasteiger charge is 2.26. The van der Waals surface area contributed by atoms with Crippen LogP contribution in [0.1, 0.15) is 10.4 Å².